The van der Waals surface area contributed by atoms with Crippen molar-refractivity contribution in [2.24, 2.45) is 0 Å². The van der Waals surface area contributed by atoms with Crippen LogP contribution in [0.25, 0.3) is 0 Å². The van der Waals surface area contributed by atoms with E-state index in [1.54, 1.807) is 23.0 Å². The Bertz CT molecular complexity index is 511. The SMILES string of the molecule is O=S(CCCCc1ccc(Cl)cc1)Cc1cncs1. The molecule has 0 aliphatic heterocycles. The third-order valence-corrected chi connectivity index (χ3v) is 5.38. The second kappa shape index (κ2) is 7.78. The smallest absolute Gasteiger partial charge is 0.0794 e. The molecule has 5 heteroatoms. The molecule has 1 aromatic carbocycles. The van der Waals surface area contributed by atoms with Crippen LogP contribution < -0.4 is 0 Å². The van der Waals surface area contributed by atoms with Crippen molar-refractivity contribution < 1.29 is 4.21 Å². The van der Waals surface area contributed by atoms with Gasteiger partial charge in [0.05, 0.1) is 11.3 Å². The minimum absolute atomic E-state index is 0.644. The summed E-state index contributed by atoms with van der Waals surface area (Å²) in [6.07, 6.45) is 4.88. The lowest BCUT2D eigenvalue weighted by Gasteiger charge is -2.02. The molecule has 0 aliphatic carbocycles. The lowest BCUT2D eigenvalue weighted by Crippen LogP contribution is -2.00. The van der Waals surface area contributed by atoms with Crippen LogP contribution >= 0.6 is 22.9 Å². The first-order chi connectivity index (χ1) is 9.24. The van der Waals surface area contributed by atoms with Crippen molar-refractivity contribution in [2.75, 3.05) is 5.75 Å². The molecule has 0 saturated carbocycles. The van der Waals surface area contributed by atoms with E-state index in [1.165, 1.54) is 5.56 Å². The second-order valence-electron chi connectivity index (χ2n) is 4.34. The van der Waals surface area contributed by atoms with Crippen LogP contribution in [0.3, 0.4) is 0 Å². The van der Waals surface area contributed by atoms with Gasteiger partial charge in [-0.15, -0.1) is 11.3 Å². The summed E-state index contributed by atoms with van der Waals surface area (Å²) in [5.74, 6) is 1.41. The summed E-state index contributed by atoms with van der Waals surface area (Å²) in [6.45, 7) is 0. The van der Waals surface area contributed by atoms with Gasteiger partial charge in [0.25, 0.3) is 0 Å². The summed E-state index contributed by atoms with van der Waals surface area (Å²) in [6, 6.07) is 7.94. The van der Waals surface area contributed by atoms with Crippen LogP contribution in [0.5, 0.6) is 0 Å². The van der Waals surface area contributed by atoms with E-state index in [2.05, 4.69) is 17.1 Å². The predicted molar refractivity (Wildman–Crippen MR) is 83.2 cm³/mol. The van der Waals surface area contributed by atoms with Gasteiger partial charge in [-0.05, 0) is 37.0 Å². The molecule has 1 aromatic heterocycles. The molecule has 1 heterocycles. The monoisotopic (exact) mass is 313 g/mol. The van der Waals surface area contributed by atoms with E-state index >= 15 is 0 Å². The van der Waals surface area contributed by atoms with Gasteiger partial charge in [-0.25, -0.2) is 0 Å². The summed E-state index contributed by atoms with van der Waals surface area (Å²) in [7, 11) is -0.762. The topological polar surface area (TPSA) is 30.0 Å². The molecule has 2 rings (SSSR count). The molecule has 19 heavy (non-hydrogen) atoms. The normalized spacial score (nSPS) is 12.5. The predicted octanol–water partition coefficient (Wildman–Crippen LogP) is 4.07. The Morgan fingerprint density at radius 1 is 1.21 bits per heavy atom. The highest BCUT2D eigenvalue weighted by molar-refractivity contribution is 7.84. The van der Waals surface area contributed by atoms with Gasteiger partial charge >= 0.3 is 0 Å². The largest absolute Gasteiger partial charge is 0.259 e. The molecule has 0 aliphatic rings. The van der Waals surface area contributed by atoms with Gasteiger partial charge in [-0.1, -0.05) is 23.7 Å². The average Bonchev–Trinajstić information content (AvgIpc) is 2.89. The third kappa shape index (κ3) is 5.43. The summed E-state index contributed by atoms with van der Waals surface area (Å²) in [4.78, 5) is 5.10. The summed E-state index contributed by atoms with van der Waals surface area (Å²) in [5, 5.41) is 0.773. The maximum Gasteiger partial charge on any atom is 0.0794 e. The van der Waals surface area contributed by atoms with Crippen molar-refractivity contribution in [1.82, 2.24) is 4.98 Å². The van der Waals surface area contributed by atoms with Crippen LogP contribution in [0.15, 0.2) is 36.0 Å². The number of benzene rings is 1. The molecule has 0 radical (unpaired) electrons. The van der Waals surface area contributed by atoms with Crippen molar-refractivity contribution >= 4 is 33.7 Å². The highest BCUT2D eigenvalue weighted by Gasteiger charge is 2.03. The summed E-state index contributed by atoms with van der Waals surface area (Å²) in [5.41, 5.74) is 3.07. The fourth-order valence-corrected chi connectivity index (χ4v) is 4.02. The number of aryl methyl sites for hydroxylation is 1. The van der Waals surface area contributed by atoms with Crippen molar-refractivity contribution in [3.8, 4) is 0 Å². The molecule has 0 spiro atoms. The number of aromatic nitrogens is 1. The fourth-order valence-electron chi connectivity index (χ4n) is 1.79. The van der Waals surface area contributed by atoms with Gasteiger partial charge < -0.3 is 0 Å². The molecule has 102 valence electrons. The molecule has 0 saturated heterocycles. The molecular formula is C14H16ClNOS2. The molecule has 0 amide bonds. The van der Waals surface area contributed by atoms with E-state index in [9.17, 15) is 4.21 Å². The van der Waals surface area contributed by atoms with Gasteiger partial charge in [-0.2, -0.15) is 0 Å². The standard InChI is InChI=1S/C14H16ClNOS2/c15-13-6-4-12(5-7-13)3-1-2-8-19(17)10-14-9-16-11-18-14/h4-7,9,11H,1-3,8,10H2. The van der Waals surface area contributed by atoms with Gasteiger partial charge in [0.2, 0.25) is 0 Å². The first-order valence-electron chi connectivity index (χ1n) is 6.21. The van der Waals surface area contributed by atoms with Crippen molar-refractivity contribution in [3.05, 3.63) is 51.4 Å². The van der Waals surface area contributed by atoms with Crippen LogP contribution in [-0.2, 0) is 23.0 Å². The molecular weight excluding hydrogens is 298 g/mol. The molecule has 0 bridgehead atoms. The number of nitrogens with zero attached hydrogens (tertiary/aromatic N) is 1. The van der Waals surface area contributed by atoms with E-state index in [0.717, 1.165) is 34.9 Å². The van der Waals surface area contributed by atoms with Gasteiger partial charge in [0, 0.05) is 32.6 Å². The van der Waals surface area contributed by atoms with Gasteiger partial charge in [0.15, 0.2) is 0 Å². The van der Waals surface area contributed by atoms with Crippen molar-refractivity contribution in [3.63, 3.8) is 0 Å². The first-order valence-corrected chi connectivity index (χ1v) is 8.95. The quantitative estimate of drug-likeness (QED) is 0.721. The second-order valence-corrected chi connectivity index (χ2v) is 7.32. The molecule has 2 aromatic rings. The summed E-state index contributed by atoms with van der Waals surface area (Å²) >= 11 is 7.41. The fraction of sp³-hybridized carbons (Fsp3) is 0.357. The molecule has 2 nitrogen and oxygen atoms in total. The summed E-state index contributed by atoms with van der Waals surface area (Å²) < 4.78 is 11.8. The van der Waals surface area contributed by atoms with E-state index in [-0.39, 0.29) is 0 Å². The molecule has 1 atom stereocenters. The number of unbranched alkanes of at least 4 members (excludes halogenated alkanes) is 1. The molecule has 0 fully saturated rings. The maximum atomic E-state index is 11.8. The number of thiazole rings is 1. The minimum atomic E-state index is -0.762. The first kappa shape index (κ1) is 14.7. The zero-order chi connectivity index (χ0) is 13.5. The Balaban J connectivity index is 1.64. The van der Waals surface area contributed by atoms with Crippen LogP contribution in [0, 0.1) is 0 Å². The molecule has 0 N–H and O–H groups in total. The maximum absolute atomic E-state index is 11.8. The van der Waals surface area contributed by atoms with Crippen molar-refractivity contribution in [1.29, 1.82) is 0 Å². The highest BCUT2D eigenvalue weighted by Crippen LogP contribution is 2.13. The Kier molecular flexibility index (Phi) is 6.01. The van der Waals surface area contributed by atoms with E-state index < -0.39 is 10.8 Å². The number of hydrogen-bond donors (Lipinski definition) is 0. The number of halogens is 1. The average molecular weight is 314 g/mol. The lowest BCUT2D eigenvalue weighted by molar-refractivity contribution is 0.677. The Morgan fingerprint density at radius 3 is 2.68 bits per heavy atom. The minimum Gasteiger partial charge on any atom is -0.259 e. The lowest BCUT2D eigenvalue weighted by atomic mass is 10.1. The third-order valence-electron chi connectivity index (χ3n) is 2.79. The zero-order valence-corrected chi connectivity index (χ0v) is 12.9. The van der Waals surface area contributed by atoms with Crippen LogP contribution in [-0.4, -0.2) is 14.9 Å². The highest BCUT2D eigenvalue weighted by atomic mass is 35.5. The van der Waals surface area contributed by atoms with E-state index in [0.29, 0.717) is 5.75 Å². The zero-order valence-electron chi connectivity index (χ0n) is 10.5. The Hall–Kier alpha value is -0.710. The molecule has 1 unspecified atom stereocenters. The van der Waals surface area contributed by atoms with Gasteiger partial charge in [0.1, 0.15) is 0 Å². The van der Waals surface area contributed by atoms with Crippen LogP contribution in [0.2, 0.25) is 5.02 Å². The van der Waals surface area contributed by atoms with Crippen LogP contribution in [0.1, 0.15) is 23.3 Å². The Morgan fingerprint density at radius 2 is 2.00 bits per heavy atom. The van der Waals surface area contributed by atoms with Crippen molar-refractivity contribution in [2.45, 2.75) is 25.0 Å². The van der Waals surface area contributed by atoms with E-state index in [4.69, 9.17) is 11.6 Å². The Labute approximate surface area is 125 Å². The van der Waals surface area contributed by atoms with Gasteiger partial charge in [-0.3, -0.25) is 9.19 Å². The van der Waals surface area contributed by atoms with Crippen LogP contribution in [0.4, 0.5) is 0 Å². The number of rotatable bonds is 7. The number of hydrogen-bond acceptors (Lipinski definition) is 3. The van der Waals surface area contributed by atoms with E-state index in [1.807, 2.05) is 12.1 Å².